The van der Waals surface area contributed by atoms with Gasteiger partial charge >= 0.3 is 0 Å². The van der Waals surface area contributed by atoms with Crippen molar-refractivity contribution >= 4 is 5.65 Å². The number of benzene rings is 2. The van der Waals surface area contributed by atoms with Crippen molar-refractivity contribution in [2.45, 2.75) is 0 Å². The lowest BCUT2D eigenvalue weighted by Crippen LogP contribution is -2.18. The van der Waals surface area contributed by atoms with E-state index in [-0.39, 0.29) is 28.4 Å². The normalized spacial score (nSPS) is 10.9. The van der Waals surface area contributed by atoms with Gasteiger partial charge in [-0.1, -0.05) is 12.1 Å². The quantitative estimate of drug-likeness (QED) is 0.485. The molecule has 2 heterocycles. The highest BCUT2D eigenvalue weighted by molar-refractivity contribution is 5.82. The topological polar surface area (TPSA) is 95.1 Å². The molecule has 2 aromatic carbocycles. The van der Waals surface area contributed by atoms with Gasteiger partial charge in [0.1, 0.15) is 11.4 Å². The Morgan fingerprint density at radius 3 is 2.27 bits per heavy atom. The molecule has 0 aliphatic heterocycles. The van der Waals surface area contributed by atoms with Crippen LogP contribution in [0.15, 0.2) is 71.7 Å². The van der Waals surface area contributed by atoms with Crippen LogP contribution in [0.25, 0.3) is 28.0 Å². The van der Waals surface area contributed by atoms with E-state index in [9.17, 15) is 20.1 Å². The third kappa shape index (κ3) is 2.53. The molecule has 0 saturated heterocycles. The summed E-state index contributed by atoms with van der Waals surface area (Å²) in [6.45, 7) is 0. The first-order valence-corrected chi connectivity index (χ1v) is 7.88. The predicted molar refractivity (Wildman–Crippen MR) is 97.3 cm³/mol. The molecule has 0 spiro atoms. The smallest absolute Gasteiger partial charge is 0.266 e. The number of fused-ring (bicyclic) bond motifs is 1. The van der Waals surface area contributed by atoms with Gasteiger partial charge in [0.15, 0.2) is 11.5 Å². The molecule has 0 aliphatic carbocycles. The molecule has 2 aromatic heterocycles. The highest BCUT2D eigenvalue weighted by Crippen LogP contribution is 2.34. The van der Waals surface area contributed by atoms with Crippen molar-refractivity contribution in [3.05, 3.63) is 77.2 Å². The number of aromatic hydroxyl groups is 3. The van der Waals surface area contributed by atoms with Gasteiger partial charge in [-0.05, 0) is 54.1 Å². The lowest BCUT2D eigenvalue weighted by molar-refractivity contribution is 0.404. The minimum absolute atomic E-state index is 0.107. The van der Waals surface area contributed by atoms with Gasteiger partial charge in [-0.15, -0.1) is 0 Å². The van der Waals surface area contributed by atoms with Crippen LogP contribution in [-0.2, 0) is 0 Å². The second-order valence-corrected chi connectivity index (χ2v) is 5.82. The zero-order chi connectivity index (χ0) is 18.3. The second-order valence-electron chi connectivity index (χ2n) is 5.82. The summed E-state index contributed by atoms with van der Waals surface area (Å²) in [5, 5.41) is 29.0. The minimum Gasteiger partial charge on any atom is -0.508 e. The maximum absolute atomic E-state index is 13.1. The van der Waals surface area contributed by atoms with Crippen LogP contribution in [0.4, 0.5) is 0 Å². The third-order valence-corrected chi connectivity index (χ3v) is 4.14. The van der Waals surface area contributed by atoms with E-state index in [4.69, 9.17) is 0 Å². The van der Waals surface area contributed by atoms with Gasteiger partial charge in [-0.25, -0.2) is 4.98 Å². The van der Waals surface area contributed by atoms with E-state index in [1.165, 1.54) is 28.7 Å². The molecule has 4 rings (SSSR count). The number of hydrogen-bond acceptors (Lipinski definition) is 5. The van der Waals surface area contributed by atoms with Gasteiger partial charge in [-0.3, -0.25) is 9.20 Å². The number of phenolic OH excluding ortho intramolecular Hbond substituents is 3. The molecular weight excluding hydrogens is 332 g/mol. The predicted octanol–water partition coefficient (Wildman–Crippen LogP) is 3.15. The summed E-state index contributed by atoms with van der Waals surface area (Å²) in [5.74, 6) is -0.486. The highest BCUT2D eigenvalue weighted by atomic mass is 16.3. The molecule has 3 N–H and O–H groups in total. The summed E-state index contributed by atoms with van der Waals surface area (Å²) in [7, 11) is 0. The van der Waals surface area contributed by atoms with E-state index in [0.29, 0.717) is 22.5 Å². The molecule has 0 amide bonds. The molecule has 0 aliphatic rings. The first-order chi connectivity index (χ1) is 12.5. The second kappa shape index (κ2) is 5.93. The van der Waals surface area contributed by atoms with Crippen LogP contribution in [0, 0.1) is 0 Å². The number of aromatic nitrogens is 2. The third-order valence-electron chi connectivity index (χ3n) is 4.14. The fourth-order valence-electron chi connectivity index (χ4n) is 2.86. The molecule has 0 saturated carbocycles. The summed E-state index contributed by atoms with van der Waals surface area (Å²) in [5.41, 5.74) is 1.96. The summed E-state index contributed by atoms with van der Waals surface area (Å²) in [4.78, 5) is 17.7. The molecule has 0 fully saturated rings. The first-order valence-electron chi connectivity index (χ1n) is 7.88. The highest BCUT2D eigenvalue weighted by Gasteiger charge is 2.17. The Balaban J connectivity index is 2.10. The van der Waals surface area contributed by atoms with Crippen LogP contribution >= 0.6 is 0 Å². The van der Waals surface area contributed by atoms with Crippen molar-refractivity contribution in [3.8, 4) is 39.6 Å². The number of hydrogen-bond donors (Lipinski definition) is 3. The molecule has 0 atom stereocenters. The van der Waals surface area contributed by atoms with Crippen molar-refractivity contribution in [2.24, 2.45) is 0 Å². The number of phenols is 3. The van der Waals surface area contributed by atoms with Crippen molar-refractivity contribution in [1.82, 2.24) is 9.38 Å². The summed E-state index contributed by atoms with van der Waals surface area (Å²) >= 11 is 0. The average molecular weight is 346 g/mol. The van der Waals surface area contributed by atoms with Crippen LogP contribution in [0.2, 0.25) is 0 Å². The van der Waals surface area contributed by atoms with Crippen LogP contribution < -0.4 is 5.56 Å². The van der Waals surface area contributed by atoms with E-state index in [1.807, 2.05) is 0 Å². The largest absolute Gasteiger partial charge is 0.508 e. The van der Waals surface area contributed by atoms with Gasteiger partial charge in [0.05, 0.1) is 11.3 Å². The minimum atomic E-state index is -0.322. The van der Waals surface area contributed by atoms with Crippen LogP contribution in [0.1, 0.15) is 0 Å². The molecule has 0 radical (unpaired) electrons. The number of pyridine rings is 1. The molecular formula is C20H14N2O4. The fraction of sp³-hybridized carbons (Fsp3) is 0. The van der Waals surface area contributed by atoms with Crippen molar-refractivity contribution < 1.29 is 15.3 Å². The van der Waals surface area contributed by atoms with Crippen molar-refractivity contribution in [3.63, 3.8) is 0 Å². The Morgan fingerprint density at radius 1 is 0.808 bits per heavy atom. The molecule has 26 heavy (non-hydrogen) atoms. The number of nitrogens with zero attached hydrogens (tertiary/aromatic N) is 2. The molecule has 128 valence electrons. The Kier molecular flexibility index (Phi) is 3.58. The lowest BCUT2D eigenvalue weighted by Gasteiger charge is -2.12. The van der Waals surface area contributed by atoms with Crippen molar-refractivity contribution in [1.29, 1.82) is 0 Å². The van der Waals surface area contributed by atoms with Crippen molar-refractivity contribution in [2.75, 3.05) is 0 Å². The Bertz CT molecular complexity index is 1180. The van der Waals surface area contributed by atoms with Gasteiger partial charge in [-0.2, -0.15) is 0 Å². The Hall–Kier alpha value is -3.80. The lowest BCUT2D eigenvalue weighted by atomic mass is 9.99. The average Bonchev–Trinajstić information content (AvgIpc) is 2.65. The molecule has 6 nitrogen and oxygen atoms in total. The van der Waals surface area contributed by atoms with E-state index < -0.39 is 0 Å². The summed E-state index contributed by atoms with van der Waals surface area (Å²) in [6.07, 6.45) is 1.62. The monoisotopic (exact) mass is 346 g/mol. The maximum Gasteiger partial charge on any atom is 0.266 e. The molecule has 0 bridgehead atoms. The summed E-state index contributed by atoms with van der Waals surface area (Å²) in [6, 6.07) is 15.8. The van der Waals surface area contributed by atoms with E-state index >= 15 is 0 Å². The molecule has 4 aromatic rings. The SMILES string of the molecule is O=c1c(-c2ccc(O)c(O)c2)c(-c2ccc(O)cc2)nc2ccccn12. The number of rotatable bonds is 2. The Morgan fingerprint density at radius 2 is 1.54 bits per heavy atom. The fourth-order valence-corrected chi connectivity index (χ4v) is 2.86. The maximum atomic E-state index is 13.1. The van der Waals surface area contributed by atoms with Gasteiger partial charge in [0.25, 0.3) is 5.56 Å². The van der Waals surface area contributed by atoms with E-state index in [0.717, 1.165) is 0 Å². The van der Waals surface area contributed by atoms with E-state index in [1.54, 1.807) is 42.6 Å². The zero-order valence-electron chi connectivity index (χ0n) is 13.5. The van der Waals surface area contributed by atoms with Gasteiger partial charge in [0, 0.05) is 11.8 Å². The van der Waals surface area contributed by atoms with Gasteiger partial charge in [0.2, 0.25) is 0 Å². The summed E-state index contributed by atoms with van der Waals surface area (Å²) < 4.78 is 1.42. The molecule has 0 unspecified atom stereocenters. The Labute approximate surface area is 147 Å². The van der Waals surface area contributed by atoms with Crippen LogP contribution in [-0.4, -0.2) is 24.7 Å². The first kappa shape index (κ1) is 15.7. The van der Waals surface area contributed by atoms with Crippen LogP contribution in [0.5, 0.6) is 17.2 Å². The van der Waals surface area contributed by atoms with E-state index in [2.05, 4.69) is 4.98 Å². The van der Waals surface area contributed by atoms with Gasteiger partial charge < -0.3 is 15.3 Å². The van der Waals surface area contributed by atoms with Crippen LogP contribution in [0.3, 0.4) is 0 Å². The molecule has 6 heteroatoms. The zero-order valence-corrected chi connectivity index (χ0v) is 13.5. The standard InChI is InChI=1S/C20H14N2O4/c23-14-7-4-12(5-8-14)19-18(13-6-9-15(24)16(25)11-13)20(26)22-10-2-1-3-17(22)21-19/h1-11,23-25H.